The van der Waals surface area contributed by atoms with Gasteiger partial charge in [0.05, 0.1) is 6.61 Å². The molecule has 1 aromatic carbocycles. The van der Waals surface area contributed by atoms with E-state index in [4.69, 9.17) is 5.11 Å². The molecule has 0 saturated heterocycles. The zero-order chi connectivity index (χ0) is 11.4. The number of carbonyl (C=O) groups excluding carboxylic acids is 1. The number of aliphatic hydroxyl groups excluding tert-OH is 1. The SMILES string of the molecule is O=C(c1cccc(CO)c1)c1ccccn1. The molecule has 0 aliphatic carbocycles. The van der Waals surface area contributed by atoms with E-state index in [1.165, 1.54) is 0 Å². The van der Waals surface area contributed by atoms with E-state index < -0.39 is 0 Å². The van der Waals surface area contributed by atoms with E-state index in [2.05, 4.69) is 4.98 Å². The van der Waals surface area contributed by atoms with E-state index in [1.807, 2.05) is 0 Å². The molecule has 0 atom stereocenters. The number of nitrogens with zero attached hydrogens (tertiary/aromatic N) is 1. The van der Waals surface area contributed by atoms with Gasteiger partial charge in [-0.15, -0.1) is 0 Å². The first-order valence-corrected chi connectivity index (χ1v) is 4.97. The smallest absolute Gasteiger partial charge is 0.211 e. The highest BCUT2D eigenvalue weighted by molar-refractivity contribution is 6.07. The third-order valence-corrected chi connectivity index (χ3v) is 2.27. The molecule has 0 bridgehead atoms. The number of ketones is 1. The second kappa shape index (κ2) is 4.68. The maximum absolute atomic E-state index is 12.0. The van der Waals surface area contributed by atoms with Gasteiger partial charge in [0.1, 0.15) is 5.69 Å². The predicted octanol–water partition coefficient (Wildman–Crippen LogP) is 1.80. The lowest BCUT2D eigenvalue weighted by Crippen LogP contribution is -2.03. The molecule has 0 saturated carbocycles. The molecular weight excluding hydrogens is 202 g/mol. The van der Waals surface area contributed by atoms with Gasteiger partial charge < -0.3 is 5.11 Å². The van der Waals surface area contributed by atoms with Gasteiger partial charge in [-0.3, -0.25) is 9.78 Å². The molecule has 3 nitrogen and oxygen atoms in total. The van der Waals surface area contributed by atoms with Crippen LogP contribution in [0.4, 0.5) is 0 Å². The van der Waals surface area contributed by atoms with Gasteiger partial charge in [-0.05, 0) is 23.8 Å². The molecule has 2 rings (SSSR count). The largest absolute Gasteiger partial charge is 0.392 e. The normalized spacial score (nSPS) is 10.1. The number of rotatable bonds is 3. The number of hydrogen-bond acceptors (Lipinski definition) is 3. The highest BCUT2D eigenvalue weighted by Crippen LogP contribution is 2.10. The van der Waals surface area contributed by atoms with Crippen molar-refractivity contribution in [3.05, 3.63) is 65.5 Å². The Morgan fingerprint density at radius 3 is 2.75 bits per heavy atom. The number of benzene rings is 1. The zero-order valence-corrected chi connectivity index (χ0v) is 8.63. The Kier molecular flexibility index (Phi) is 3.08. The predicted molar refractivity (Wildman–Crippen MR) is 60.0 cm³/mol. The van der Waals surface area contributed by atoms with Gasteiger partial charge in [0.2, 0.25) is 5.78 Å². The molecule has 80 valence electrons. The van der Waals surface area contributed by atoms with Crippen molar-refractivity contribution in [2.45, 2.75) is 6.61 Å². The van der Waals surface area contributed by atoms with Crippen LogP contribution < -0.4 is 0 Å². The summed E-state index contributed by atoms with van der Waals surface area (Å²) in [5.74, 6) is -0.129. The summed E-state index contributed by atoms with van der Waals surface area (Å²) in [4.78, 5) is 16.0. The Hall–Kier alpha value is -2.00. The van der Waals surface area contributed by atoms with E-state index in [1.54, 1.807) is 48.7 Å². The summed E-state index contributed by atoms with van der Waals surface area (Å²) < 4.78 is 0. The minimum atomic E-state index is -0.129. The standard InChI is InChI=1S/C13H11NO2/c15-9-10-4-3-5-11(8-10)13(16)12-6-1-2-7-14-12/h1-8,15H,9H2. The van der Waals surface area contributed by atoms with Crippen molar-refractivity contribution in [1.82, 2.24) is 4.98 Å². The van der Waals surface area contributed by atoms with E-state index >= 15 is 0 Å². The third-order valence-electron chi connectivity index (χ3n) is 2.27. The van der Waals surface area contributed by atoms with Gasteiger partial charge in [0.25, 0.3) is 0 Å². The molecule has 0 unspecified atom stereocenters. The van der Waals surface area contributed by atoms with Crippen LogP contribution in [0.25, 0.3) is 0 Å². The average Bonchev–Trinajstić information content (AvgIpc) is 2.39. The van der Waals surface area contributed by atoms with Crippen LogP contribution in [-0.4, -0.2) is 15.9 Å². The Morgan fingerprint density at radius 1 is 1.19 bits per heavy atom. The van der Waals surface area contributed by atoms with Gasteiger partial charge in [0.15, 0.2) is 0 Å². The van der Waals surface area contributed by atoms with Gasteiger partial charge in [-0.2, -0.15) is 0 Å². The topological polar surface area (TPSA) is 50.2 Å². The van der Waals surface area contributed by atoms with E-state index in [9.17, 15) is 4.79 Å². The lowest BCUT2D eigenvalue weighted by molar-refractivity contribution is 0.103. The molecule has 2 aromatic rings. The second-order valence-electron chi connectivity index (χ2n) is 3.40. The van der Waals surface area contributed by atoms with E-state index in [0.717, 1.165) is 5.56 Å². The minimum Gasteiger partial charge on any atom is -0.392 e. The molecule has 0 radical (unpaired) electrons. The van der Waals surface area contributed by atoms with Crippen molar-refractivity contribution < 1.29 is 9.90 Å². The van der Waals surface area contributed by atoms with Crippen molar-refractivity contribution in [3.8, 4) is 0 Å². The molecule has 0 amide bonds. The molecule has 3 heteroatoms. The molecule has 0 spiro atoms. The number of pyridine rings is 1. The van der Waals surface area contributed by atoms with Crippen molar-refractivity contribution in [2.75, 3.05) is 0 Å². The molecule has 1 N–H and O–H groups in total. The quantitative estimate of drug-likeness (QED) is 0.791. The fraction of sp³-hybridized carbons (Fsp3) is 0.0769. The lowest BCUT2D eigenvalue weighted by Gasteiger charge is -2.02. The summed E-state index contributed by atoms with van der Waals surface area (Å²) in [6.07, 6.45) is 1.59. The zero-order valence-electron chi connectivity index (χ0n) is 8.63. The van der Waals surface area contributed by atoms with Crippen molar-refractivity contribution in [1.29, 1.82) is 0 Å². The summed E-state index contributed by atoms with van der Waals surface area (Å²) in [6.45, 7) is -0.0661. The molecule has 0 fully saturated rings. The molecule has 0 aliphatic heterocycles. The average molecular weight is 213 g/mol. The number of hydrogen-bond donors (Lipinski definition) is 1. The van der Waals surface area contributed by atoms with Crippen LogP contribution in [-0.2, 0) is 6.61 Å². The van der Waals surface area contributed by atoms with E-state index in [0.29, 0.717) is 11.3 Å². The van der Waals surface area contributed by atoms with Crippen LogP contribution in [0.5, 0.6) is 0 Å². The van der Waals surface area contributed by atoms with Crippen LogP contribution >= 0.6 is 0 Å². The molecule has 1 heterocycles. The van der Waals surface area contributed by atoms with Crippen molar-refractivity contribution in [3.63, 3.8) is 0 Å². The van der Waals surface area contributed by atoms with Crippen LogP contribution in [0, 0.1) is 0 Å². The minimum absolute atomic E-state index is 0.0661. The van der Waals surface area contributed by atoms with Crippen LogP contribution in [0.15, 0.2) is 48.7 Å². The molecule has 16 heavy (non-hydrogen) atoms. The third kappa shape index (κ3) is 2.15. The molecule has 1 aromatic heterocycles. The second-order valence-corrected chi connectivity index (χ2v) is 3.40. The van der Waals surface area contributed by atoms with Gasteiger partial charge >= 0.3 is 0 Å². The molecule has 0 aliphatic rings. The maximum Gasteiger partial charge on any atom is 0.211 e. The number of aliphatic hydroxyl groups is 1. The van der Waals surface area contributed by atoms with Crippen LogP contribution in [0.2, 0.25) is 0 Å². The summed E-state index contributed by atoms with van der Waals surface area (Å²) in [5, 5.41) is 8.99. The van der Waals surface area contributed by atoms with Gasteiger partial charge in [-0.1, -0.05) is 24.3 Å². The summed E-state index contributed by atoms with van der Waals surface area (Å²) >= 11 is 0. The summed E-state index contributed by atoms with van der Waals surface area (Å²) in [7, 11) is 0. The van der Waals surface area contributed by atoms with Crippen LogP contribution in [0.1, 0.15) is 21.6 Å². The van der Waals surface area contributed by atoms with Crippen molar-refractivity contribution >= 4 is 5.78 Å². The first-order valence-electron chi connectivity index (χ1n) is 4.97. The van der Waals surface area contributed by atoms with Gasteiger partial charge in [0, 0.05) is 11.8 Å². The highest BCUT2D eigenvalue weighted by Gasteiger charge is 2.09. The lowest BCUT2D eigenvalue weighted by atomic mass is 10.1. The summed E-state index contributed by atoms with van der Waals surface area (Å²) in [6, 6.07) is 12.1. The van der Waals surface area contributed by atoms with Crippen LogP contribution in [0.3, 0.4) is 0 Å². The fourth-order valence-corrected chi connectivity index (χ4v) is 1.46. The highest BCUT2D eigenvalue weighted by atomic mass is 16.3. The Morgan fingerprint density at radius 2 is 2.06 bits per heavy atom. The van der Waals surface area contributed by atoms with Gasteiger partial charge in [-0.25, -0.2) is 0 Å². The first kappa shape index (κ1) is 10.5. The number of aromatic nitrogens is 1. The Bertz CT molecular complexity index is 494. The molecular formula is C13H11NO2. The van der Waals surface area contributed by atoms with E-state index in [-0.39, 0.29) is 12.4 Å². The number of carbonyl (C=O) groups is 1. The Balaban J connectivity index is 2.34. The monoisotopic (exact) mass is 213 g/mol. The maximum atomic E-state index is 12.0. The van der Waals surface area contributed by atoms with Crippen molar-refractivity contribution in [2.24, 2.45) is 0 Å². The Labute approximate surface area is 93.4 Å². The fourth-order valence-electron chi connectivity index (χ4n) is 1.46. The first-order chi connectivity index (χ1) is 7.81. The summed E-state index contributed by atoms with van der Waals surface area (Å²) in [5.41, 5.74) is 1.68.